The molecule has 0 bridgehead atoms. The average Bonchev–Trinajstić information content (AvgIpc) is 2.52. The third-order valence-corrected chi connectivity index (χ3v) is 4.81. The maximum Gasteiger partial charge on any atom is 0.123 e. The highest BCUT2D eigenvalue weighted by Crippen LogP contribution is 2.36. The number of hydrogen-bond acceptors (Lipinski definition) is 3. The minimum Gasteiger partial charge on any atom is -0.381 e. The Labute approximate surface area is 126 Å². The van der Waals surface area contributed by atoms with Crippen molar-refractivity contribution >= 4 is 0 Å². The predicted octanol–water partition coefficient (Wildman–Crippen LogP) is 2.51. The molecular weight excluding hydrogens is 267 g/mol. The topological polar surface area (TPSA) is 24.5 Å². The zero-order valence-corrected chi connectivity index (χ0v) is 12.8. The first kappa shape index (κ1) is 14.9. The zero-order valence-electron chi connectivity index (χ0n) is 12.8. The van der Waals surface area contributed by atoms with Gasteiger partial charge in [0.2, 0.25) is 0 Å². The molecule has 116 valence electrons. The highest BCUT2D eigenvalue weighted by Gasteiger charge is 2.32. The molecule has 1 N–H and O–H groups in total. The van der Waals surface area contributed by atoms with E-state index in [2.05, 4.69) is 10.2 Å². The molecule has 3 nitrogen and oxygen atoms in total. The average molecular weight is 292 g/mol. The van der Waals surface area contributed by atoms with Gasteiger partial charge in [-0.05, 0) is 48.9 Å². The van der Waals surface area contributed by atoms with Gasteiger partial charge in [0, 0.05) is 45.4 Å². The molecule has 0 amide bonds. The van der Waals surface area contributed by atoms with Crippen molar-refractivity contribution in [1.82, 2.24) is 10.2 Å². The monoisotopic (exact) mass is 292 g/mol. The Kier molecular flexibility index (Phi) is 4.88. The van der Waals surface area contributed by atoms with Crippen molar-refractivity contribution in [3.8, 4) is 0 Å². The number of piperazine rings is 1. The smallest absolute Gasteiger partial charge is 0.123 e. The Hall–Kier alpha value is -0.970. The molecule has 1 aromatic rings. The lowest BCUT2D eigenvalue weighted by Gasteiger charge is -2.41. The molecule has 0 saturated carbocycles. The van der Waals surface area contributed by atoms with Gasteiger partial charge in [-0.2, -0.15) is 0 Å². The van der Waals surface area contributed by atoms with E-state index in [9.17, 15) is 4.39 Å². The lowest BCUT2D eigenvalue weighted by atomic mass is 9.84. The van der Waals surface area contributed by atoms with E-state index in [1.54, 1.807) is 12.1 Å². The summed E-state index contributed by atoms with van der Waals surface area (Å²) < 4.78 is 19.0. The van der Waals surface area contributed by atoms with Gasteiger partial charge in [-0.1, -0.05) is 6.07 Å². The van der Waals surface area contributed by atoms with Crippen molar-refractivity contribution < 1.29 is 9.13 Å². The van der Waals surface area contributed by atoms with Crippen molar-refractivity contribution in [3.63, 3.8) is 0 Å². The standard InChI is InChI=1S/C17H25FN2O/c1-13-12-15(18)2-3-16(13)17(14-4-10-21-11-5-14)20-8-6-19-7-9-20/h2-3,12,14,17,19H,4-11H2,1H3/t17-/m0/s1. The summed E-state index contributed by atoms with van der Waals surface area (Å²) in [6.07, 6.45) is 2.21. The Morgan fingerprint density at radius 2 is 1.95 bits per heavy atom. The predicted molar refractivity (Wildman–Crippen MR) is 81.9 cm³/mol. The molecule has 2 aliphatic heterocycles. The fraction of sp³-hybridized carbons (Fsp3) is 0.647. The maximum atomic E-state index is 13.5. The van der Waals surface area contributed by atoms with Crippen LogP contribution in [0.2, 0.25) is 0 Å². The largest absolute Gasteiger partial charge is 0.381 e. The van der Waals surface area contributed by atoms with Gasteiger partial charge in [0.05, 0.1) is 0 Å². The molecule has 0 spiro atoms. The number of aryl methyl sites for hydroxylation is 1. The summed E-state index contributed by atoms with van der Waals surface area (Å²) >= 11 is 0. The van der Waals surface area contributed by atoms with Gasteiger partial charge in [-0.25, -0.2) is 4.39 Å². The van der Waals surface area contributed by atoms with Crippen LogP contribution in [-0.4, -0.2) is 44.3 Å². The van der Waals surface area contributed by atoms with Crippen LogP contribution in [0.1, 0.15) is 30.0 Å². The van der Waals surface area contributed by atoms with Crippen LogP contribution in [0.15, 0.2) is 18.2 Å². The molecule has 3 rings (SSSR count). The van der Waals surface area contributed by atoms with Crippen LogP contribution in [0.3, 0.4) is 0 Å². The summed E-state index contributed by atoms with van der Waals surface area (Å²) in [5, 5.41) is 3.42. The molecule has 0 aromatic heterocycles. The van der Waals surface area contributed by atoms with E-state index in [0.717, 1.165) is 57.8 Å². The number of hydrogen-bond donors (Lipinski definition) is 1. The summed E-state index contributed by atoms with van der Waals surface area (Å²) in [7, 11) is 0. The van der Waals surface area contributed by atoms with Crippen molar-refractivity contribution in [2.75, 3.05) is 39.4 Å². The van der Waals surface area contributed by atoms with Crippen LogP contribution in [-0.2, 0) is 4.74 Å². The first-order valence-corrected chi connectivity index (χ1v) is 8.04. The minimum absolute atomic E-state index is 0.137. The van der Waals surface area contributed by atoms with E-state index in [1.807, 2.05) is 13.0 Å². The second-order valence-electron chi connectivity index (χ2n) is 6.18. The number of ether oxygens (including phenoxy) is 1. The van der Waals surface area contributed by atoms with Crippen LogP contribution in [0.5, 0.6) is 0 Å². The zero-order chi connectivity index (χ0) is 14.7. The van der Waals surface area contributed by atoms with E-state index >= 15 is 0 Å². The van der Waals surface area contributed by atoms with Gasteiger partial charge >= 0.3 is 0 Å². The Morgan fingerprint density at radius 3 is 2.62 bits per heavy atom. The molecule has 2 saturated heterocycles. The Bertz CT molecular complexity index is 450. The summed E-state index contributed by atoms with van der Waals surface area (Å²) in [6.45, 7) is 7.96. The maximum absolute atomic E-state index is 13.5. The number of halogens is 1. The minimum atomic E-state index is -0.137. The molecule has 2 fully saturated rings. The van der Waals surface area contributed by atoms with Crippen LogP contribution in [0.25, 0.3) is 0 Å². The normalized spacial score (nSPS) is 23.1. The molecule has 0 unspecified atom stereocenters. The summed E-state index contributed by atoms with van der Waals surface area (Å²) in [4.78, 5) is 2.58. The first-order chi connectivity index (χ1) is 10.3. The second kappa shape index (κ2) is 6.86. The molecule has 4 heteroatoms. The SMILES string of the molecule is Cc1cc(F)ccc1[C@H](C1CCOCC1)N1CCNCC1. The Morgan fingerprint density at radius 1 is 1.24 bits per heavy atom. The van der Waals surface area contributed by atoms with E-state index < -0.39 is 0 Å². The highest BCUT2D eigenvalue weighted by molar-refractivity contribution is 5.30. The molecule has 0 radical (unpaired) electrons. The Balaban J connectivity index is 1.89. The van der Waals surface area contributed by atoms with Crippen molar-refractivity contribution in [3.05, 3.63) is 35.1 Å². The summed E-state index contributed by atoms with van der Waals surface area (Å²) in [5.41, 5.74) is 2.37. The quantitative estimate of drug-likeness (QED) is 0.926. The number of nitrogens with zero attached hydrogens (tertiary/aromatic N) is 1. The highest BCUT2D eigenvalue weighted by atomic mass is 19.1. The number of benzene rings is 1. The third kappa shape index (κ3) is 3.44. The van der Waals surface area contributed by atoms with Crippen LogP contribution in [0.4, 0.5) is 4.39 Å². The molecule has 1 atom stereocenters. The van der Waals surface area contributed by atoms with Gasteiger partial charge in [-0.3, -0.25) is 4.90 Å². The number of nitrogens with one attached hydrogen (secondary N) is 1. The van der Waals surface area contributed by atoms with E-state index in [-0.39, 0.29) is 5.82 Å². The molecule has 2 heterocycles. The van der Waals surface area contributed by atoms with Crippen molar-refractivity contribution in [2.24, 2.45) is 5.92 Å². The van der Waals surface area contributed by atoms with Crippen molar-refractivity contribution in [2.45, 2.75) is 25.8 Å². The van der Waals surface area contributed by atoms with E-state index in [4.69, 9.17) is 4.74 Å². The molecule has 2 aliphatic rings. The summed E-state index contributed by atoms with van der Waals surface area (Å²) in [5.74, 6) is 0.475. The van der Waals surface area contributed by atoms with Crippen LogP contribution >= 0.6 is 0 Å². The lowest BCUT2D eigenvalue weighted by molar-refractivity contribution is 0.0211. The molecule has 21 heavy (non-hydrogen) atoms. The van der Waals surface area contributed by atoms with Crippen LogP contribution < -0.4 is 5.32 Å². The van der Waals surface area contributed by atoms with E-state index in [1.165, 1.54) is 5.56 Å². The molecule has 1 aromatic carbocycles. The fourth-order valence-corrected chi connectivity index (χ4v) is 3.71. The first-order valence-electron chi connectivity index (χ1n) is 8.04. The van der Waals surface area contributed by atoms with Gasteiger partial charge in [0.15, 0.2) is 0 Å². The number of rotatable bonds is 3. The van der Waals surface area contributed by atoms with Crippen LogP contribution in [0, 0.1) is 18.7 Å². The van der Waals surface area contributed by atoms with Gasteiger partial charge in [0.25, 0.3) is 0 Å². The lowest BCUT2D eigenvalue weighted by Crippen LogP contribution is -2.47. The fourth-order valence-electron chi connectivity index (χ4n) is 3.71. The third-order valence-electron chi connectivity index (χ3n) is 4.81. The molecular formula is C17H25FN2O. The second-order valence-corrected chi connectivity index (χ2v) is 6.18. The van der Waals surface area contributed by atoms with Gasteiger partial charge < -0.3 is 10.1 Å². The van der Waals surface area contributed by atoms with Crippen molar-refractivity contribution in [1.29, 1.82) is 0 Å². The summed E-state index contributed by atoms with van der Waals surface area (Å²) in [6, 6.07) is 5.67. The van der Waals surface area contributed by atoms with E-state index in [0.29, 0.717) is 12.0 Å². The van der Waals surface area contributed by atoms with Gasteiger partial charge in [-0.15, -0.1) is 0 Å². The van der Waals surface area contributed by atoms with Gasteiger partial charge in [0.1, 0.15) is 5.82 Å². The molecule has 0 aliphatic carbocycles.